The molecule has 0 aliphatic rings. The van der Waals surface area contributed by atoms with Crippen molar-refractivity contribution in [2.75, 3.05) is 5.73 Å². The molecule has 19 heavy (non-hydrogen) atoms. The molecule has 0 spiro atoms. The van der Waals surface area contributed by atoms with E-state index in [0.29, 0.717) is 5.82 Å². The summed E-state index contributed by atoms with van der Waals surface area (Å²) in [6.45, 7) is 4.07. The maximum absolute atomic E-state index is 5.94. The molecule has 0 aliphatic carbocycles. The zero-order valence-electron chi connectivity index (χ0n) is 11.0. The van der Waals surface area contributed by atoms with E-state index >= 15 is 0 Å². The van der Waals surface area contributed by atoms with E-state index in [1.807, 2.05) is 38.1 Å². The van der Waals surface area contributed by atoms with Gasteiger partial charge < -0.3 is 10.2 Å². The molecule has 4 heteroatoms. The van der Waals surface area contributed by atoms with Crippen molar-refractivity contribution in [2.24, 2.45) is 0 Å². The van der Waals surface area contributed by atoms with Gasteiger partial charge in [0.05, 0.1) is 0 Å². The molecule has 3 aromatic rings. The summed E-state index contributed by atoms with van der Waals surface area (Å²) in [6.07, 6.45) is 2.25. The van der Waals surface area contributed by atoms with Crippen molar-refractivity contribution >= 4 is 16.8 Å². The Bertz CT molecular complexity index is 746. The van der Waals surface area contributed by atoms with E-state index in [1.54, 1.807) is 0 Å². The molecule has 0 atom stereocenters. The average molecular weight is 253 g/mol. The molecule has 2 aromatic heterocycles. The maximum atomic E-state index is 5.94. The molecule has 0 amide bonds. The predicted octanol–water partition coefficient (Wildman–Crippen LogP) is 3.34. The van der Waals surface area contributed by atoms with E-state index in [4.69, 9.17) is 10.2 Å². The Labute approximate surface area is 111 Å². The van der Waals surface area contributed by atoms with Crippen molar-refractivity contribution in [2.45, 2.75) is 20.3 Å². The second-order valence-corrected chi connectivity index (χ2v) is 4.54. The number of hydrogen-bond donors (Lipinski definition) is 1. The molecule has 0 aliphatic heterocycles. The number of fused-ring (bicyclic) bond motifs is 1. The second kappa shape index (κ2) is 4.39. The summed E-state index contributed by atoms with van der Waals surface area (Å²) in [5.74, 6) is 1.26. The Morgan fingerprint density at radius 2 is 2.11 bits per heavy atom. The SMILES string of the molecule is CCc1c(N)ncnc1-c1cc2cccc(C)c2o1. The first-order chi connectivity index (χ1) is 9.20. The van der Waals surface area contributed by atoms with E-state index in [2.05, 4.69) is 9.97 Å². The summed E-state index contributed by atoms with van der Waals surface area (Å²) in [6, 6.07) is 8.09. The highest BCUT2D eigenvalue weighted by atomic mass is 16.3. The molecule has 0 fully saturated rings. The minimum atomic E-state index is 0.518. The summed E-state index contributed by atoms with van der Waals surface area (Å²) in [5.41, 5.74) is 9.63. The first kappa shape index (κ1) is 11.7. The van der Waals surface area contributed by atoms with Crippen LogP contribution in [0.4, 0.5) is 5.82 Å². The molecule has 0 radical (unpaired) electrons. The average Bonchev–Trinajstić information content (AvgIpc) is 2.84. The summed E-state index contributed by atoms with van der Waals surface area (Å²) in [7, 11) is 0. The van der Waals surface area contributed by atoms with Crippen molar-refractivity contribution in [3.05, 3.63) is 41.7 Å². The fourth-order valence-corrected chi connectivity index (χ4v) is 2.31. The number of furan rings is 1. The maximum Gasteiger partial charge on any atom is 0.154 e. The molecule has 0 saturated heterocycles. The van der Waals surface area contributed by atoms with Gasteiger partial charge in [0, 0.05) is 10.9 Å². The third-order valence-corrected chi connectivity index (χ3v) is 3.31. The number of nitrogens with zero attached hydrogens (tertiary/aromatic N) is 2. The molecular formula is C15H15N3O. The lowest BCUT2D eigenvalue weighted by atomic mass is 10.1. The van der Waals surface area contributed by atoms with Crippen LogP contribution in [0.5, 0.6) is 0 Å². The quantitative estimate of drug-likeness (QED) is 0.760. The highest BCUT2D eigenvalue weighted by Gasteiger charge is 2.14. The van der Waals surface area contributed by atoms with Crippen LogP contribution < -0.4 is 5.73 Å². The number of nitrogens with two attached hydrogens (primary N) is 1. The Morgan fingerprint density at radius 3 is 2.84 bits per heavy atom. The van der Waals surface area contributed by atoms with Crippen LogP contribution >= 0.6 is 0 Å². The largest absolute Gasteiger partial charge is 0.454 e. The Hall–Kier alpha value is -2.36. The highest BCUT2D eigenvalue weighted by molar-refractivity contribution is 5.85. The third kappa shape index (κ3) is 1.85. The van der Waals surface area contributed by atoms with Gasteiger partial charge in [-0.25, -0.2) is 9.97 Å². The van der Waals surface area contributed by atoms with Crippen molar-refractivity contribution < 1.29 is 4.42 Å². The van der Waals surface area contributed by atoms with Crippen LogP contribution in [-0.2, 0) is 6.42 Å². The van der Waals surface area contributed by atoms with Gasteiger partial charge >= 0.3 is 0 Å². The van der Waals surface area contributed by atoms with Crippen LogP contribution in [0.2, 0.25) is 0 Å². The topological polar surface area (TPSA) is 64.9 Å². The minimum absolute atomic E-state index is 0.518. The van der Waals surface area contributed by atoms with E-state index in [-0.39, 0.29) is 0 Å². The number of nitrogen functional groups attached to an aromatic ring is 1. The van der Waals surface area contributed by atoms with Gasteiger partial charge in [-0.05, 0) is 25.0 Å². The fraction of sp³-hybridized carbons (Fsp3) is 0.200. The summed E-state index contributed by atoms with van der Waals surface area (Å²) >= 11 is 0. The number of anilines is 1. The molecule has 0 bridgehead atoms. The Balaban J connectivity index is 2.25. The predicted molar refractivity (Wildman–Crippen MR) is 75.8 cm³/mol. The van der Waals surface area contributed by atoms with Crippen LogP contribution in [0, 0.1) is 6.92 Å². The summed E-state index contributed by atoms with van der Waals surface area (Å²) in [5, 5.41) is 1.08. The van der Waals surface area contributed by atoms with E-state index < -0.39 is 0 Å². The van der Waals surface area contributed by atoms with Crippen LogP contribution in [0.1, 0.15) is 18.1 Å². The van der Waals surface area contributed by atoms with Crippen molar-refractivity contribution in [3.63, 3.8) is 0 Å². The number of aryl methyl sites for hydroxylation is 1. The van der Waals surface area contributed by atoms with Crippen LogP contribution in [0.3, 0.4) is 0 Å². The lowest BCUT2D eigenvalue weighted by Gasteiger charge is -2.05. The zero-order valence-corrected chi connectivity index (χ0v) is 11.0. The second-order valence-electron chi connectivity index (χ2n) is 4.54. The number of benzene rings is 1. The van der Waals surface area contributed by atoms with Gasteiger partial charge in [-0.3, -0.25) is 0 Å². The van der Waals surface area contributed by atoms with Crippen LogP contribution in [-0.4, -0.2) is 9.97 Å². The highest BCUT2D eigenvalue weighted by Crippen LogP contribution is 2.31. The normalized spacial score (nSPS) is 11.1. The molecule has 2 heterocycles. The standard InChI is InChI=1S/C15H15N3O/c1-3-11-13(17-8-18-15(11)16)12-7-10-6-4-5-9(2)14(10)19-12/h4-8H,3H2,1-2H3,(H2,16,17,18). The van der Waals surface area contributed by atoms with E-state index in [9.17, 15) is 0 Å². The molecule has 2 N–H and O–H groups in total. The zero-order chi connectivity index (χ0) is 13.4. The molecule has 0 unspecified atom stereocenters. The summed E-state index contributed by atoms with van der Waals surface area (Å²) in [4.78, 5) is 8.35. The molecule has 4 nitrogen and oxygen atoms in total. The Morgan fingerprint density at radius 1 is 1.26 bits per heavy atom. The van der Waals surface area contributed by atoms with Crippen LogP contribution in [0.25, 0.3) is 22.4 Å². The van der Waals surface area contributed by atoms with Gasteiger partial charge in [0.15, 0.2) is 5.76 Å². The smallest absolute Gasteiger partial charge is 0.154 e. The lowest BCUT2D eigenvalue weighted by molar-refractivity contribution is 0.624. The first-order valence-electron chi connectivity index (χ1n) is 6.29. The number of rotatable bonds is 2. The van der Waals surface area contributed by atoms with Gasteiger partial charge in [-0.2, -0.15) is 0 Å². The van der Waals surface area contributed by atoms with Gasteiger partial charge in [-0.15, -0.1) is 0 Å². The van der Waals surface area contributed by atoms with Crippen LogP contribution in [0.15, 0.2) is 35.0 Å². The van der Waals surface area contributed by atoms with Crippen molar-refractivity contribution in [1.29, 1.82) is 0 Å². The Kier molecular flexibility index (Phi) is 2.71. The summed E-state index contributed by atoms with van der Waals surface area (Å²) < 4.78 is 5.94. The first-order valence-corrected chi connectivity index (χ1v) is 6.29. The third-order valence-electron chi connectivity index (χ3n) is 3.31. The van der Waals surface area contributed by atoms with Crippen molar-refractivity contribution in [3.8, 4) is 11.5 Å². The number of para-hydroxylation sites is 1. The molecule has 96 valence electrons. The van der Waals surface area contributed by atoms with Gasteiger partial charge in [-0.1, -0.05) is 25.1 Å². The molecular weight excluding hydrogens is 238 g/mol. The van der Waals surface area contributed by atoms with Gasteiger partial charge in [0.1, 0.15) is 23.4 Å². The minimum Gasteiger partial charge on any atom is -0.454 e. The molecule has 3 rings (SSSR count). The number of hydrogen-bond acceptors (Lipinski definition) is 4. The van der Waals surface area contributed by atoms with Gasteiger partial charge in [0.2, 0.25) is 0 Å². The van der Waals surface area contributed by atoms with E-state index in [0.717, 1.165) is 40.0 Å². The molecule has 1 aromatic carbocycles. The fourth-order valence-electron chi connectivity index (χ4n) is 2.31. The molecule has 0 saturated carbocycles. The van der Waals surface area contributed by atoms with Crippen molar-refractivity contribution in [1.82, 2.24) is 9.97 Å². The van der Waals surface area contributed by atoms with E-state index in [1.165, 1.54) is 6.33 Å². The number of aromatic nitrogens is 2. The lowest BCUT2D eigenvalue weighted by Crippen LogP contribution is -2.00. The van der Waals surface area contributed by atoms with Gasteiger partial charge in [0.25, 0.3) is 0 Å². The monoisotopic (exact) mass is 253 g/mol.